The zero-order valence-electron chi connectivity index (χ0n) is 71.7. The van der Waals surface area contributed by atoms with Gasteiger partial charge in [-0.3, -0.25) is 38.2 Å². The van der Waals surface area contributed by atoms with Gasteiger partial charge in [0.1, 0.15) is 23.0 Å². The van der Waals surface area contributed by atoms with Crippen LogP contribution in [0, 0.1) is 0 Å². The third-order valence-corrected chi connectivity index (χ3v) is 21.1. The van der Waals surface area contributed by atoms with Gasteiger partial charge in [-0.1, -0.05) is 201 Å². The van der Waals surface area contributed by atoms with E-state index in [1.54, 1.807) is 31.9 Å². The Labute approximate surface area is 748 Å². The molecule has 20 nitrogen and oxygen atoms in total. The van der Waals surface area contributed by atoms with Crippen molar-refractivity contribution in [2.24, 2.45) is 0 Å². The average Bonchev–Trinajstić information content (AvgIpc) is 1.68. The van der Waals surface area contributed by atoms with Gasteiger partial charge in [-0.15, -0.1) is 40.8 Å². The minimum Gasteiger partial charge on any atom is -0.497 e. The molecule has 20 rings (SSSR count). The van der Waals surface area contributed by atoms with Gasteiger partial charge in [0, 0.05) is 117 Å². The molecule has 0 bridgehead atoms. The van der Waals surface area contributed by atoms with E-state index in [0.717, 1.165) is 188 Å². The lowest BCUT2D eigenvalue weighted by atomic mass is 10.1. The number of benzene rings is 12. The lowest BCUT2D eigenvalue weighted by molar-refractivity contribution is 0.242. The molecule has 0 aliphatic carbocycles. The van der Waals surface area contributed by atoms with Crippen LogP contribution in [0.3, 0.4) is 0 Å². The summed E-state index contributed by atoms with van der Waals surface area (Å²) in [6.07, 6.45) is 15.7. The molecule has 0 radical (unpaired) electrons. The summed E-state index contributed by atoms with van der Waals surface area (Å²) in [5, 5.41) is 36.5. The normalized spacial score (nSPS) is 10.8. The lowest BCUT2D eigenvalue weighted by Crippen LogP contribution is -2.05. The fraction of sp³-hybridized carbons (Fsp3) is 0.0826. The quantitative estimate of drug-likeness (QED) is 0.0550. The summed E-state index contributed by atoms with van der Waals surface area (Å²) in [5.74, 6) is 9.63. The van der Waals surface area contributed by atoms with Crippen molar-refractivity contribution >= 4 is 0 Å². The molecule has 20 heteroatoms. The summed E-state index contributed by atoms with van der Waals surface area (Å²) in [4.78, 5) is 16.9. The van der Waals surface area contributed by atoms with Crippen LogP contribution in [0.1, 0.15) is 34.1 Å². The zero-order valence-corrected chi connectivity index (χ0v) is 71.7. The number of hydrogen-bond donors (Lipinski definition) is 0. The molecule has 0 N–H and O–H groups in total. The number of hydrogen-bond acceptors (Lipinski definition) is 16. The molecular formula is C109H90N16O4. The van der Waals surface area contributed by atoms with E-state index >= 15 is 0 Å². The van der Waals surface area contributed by atoms with Crippen LogP contribution < -0.4 is 18.9 Å². The first kappa shape index (κ1) is 84.2. The maximum Gasteiger partial charge on any atom is 0.168 e. The summed E-state index contributed by atoms with van der Waals surface area (Å²) < 4.78 is 30.8. The maximum absolute atomic E-state index is 5.80. The summed E-state index contributed by atoms with van der Waals surface area (Å²) in [7, 11) is 1.66. The Hall–Kier alpha value is -17.0. The molecule has 0 amide bonds. The minimum atomic E-state index is 0.127. The van der Waals surface area contributed by atoms with E-state index < -0.39 is 0 Å². The predicted molar refractivity (Wildman–Crippen MR) is 511 cm³/mol. The minimum absolute atomic E-state index is 0.127. The first-order valence-corrected chi connectivity index (χ1v) is 42.6. The summed E-state index contributed by atoms with van der Waals surface area (Å²) in [6, 6.07) is 122. The number of methoxy groups -OCH3 is 1. The third-order valence-electron chi connectivity index (χ3n) is 21.1. The van der Waals surface area contributed by atoms with Crippen LogP contribution >= 0.6 is 0 Å². The molecule has 20 aromatic rings. The van der Waals surface area contributed by atoms with Crippen molar-refractivity contribution in [1.82, 2.24) is 79.0 Å². The smallest absolute Gasteiger partial charge is 0.168 e. The lowest BCUT2D eigenvalue weighted by Gasteiger charge is -2.13. The van der Waals surface area contributed by atoms with Gasteiger partial charge in [-0.05, 0) is 242 Å². The summed E-state index contributed by atoms with van der Waals surface area (Å²) in [6.45, 7) is 9.46. The van der Waals surface area contributed by atoms with Crippen molar-refractivity contribution in [3.8, 4) is 181 Å². The van der Waals surface area contributed by atoms with Gasteiger partial charge in [-0.2, -0.15) is 0 Å². The number of nitrogens with zero attached hydrogens (tertiary/aromatic N) is 16. The molecule has 630 valence electrons. The van der Waals surface area contributed by atoms with Crippen molar-refractivity contribution in [3.63, 3.8) is 0 Å². The Kier molecular flexibility index (Phi) is 26.8. The average molecular weight is 1690 g/mol. The fourth-order valence-electron chi connectivity index (χ4n) is 14.8. The van der Waals surface area contributed by atoms with E-state index in [9.17, 15) is 0 Å². The van der Waals surface area contributed by atoms with E-state index in [1.165, 1.54) is 0 Å². The highest BCUT2D eigenvalue weighted by atomic mass is 16.5. The van der Waals surface area contributed by atoms with Gasteiger partial charge < -0.3 is 18.9 Å². The highest BCUT2D eigenvalue weighted by Gasteiger charge is 2.24. The molecule has 0 unspecified atom stereocenters. The van der Waals surface area contributed by atoms with E-state index in [-0.39, 0.29) is 6.10 Å². The number of pyridine rings is 4. The second kappa shape index (κ2) is 41.0. The van der Waals surface area contributed by atoms with Crippen molar-refractivity contribution in [2.45, 2.75) is 40.2 Å². The van der Waals surface area contributed by atoms with Gasteiger partial charge in [-0.25, -0.2) is 0 Å². The third kappa shape index (κ3) is 20.1. The van der Waals surface area contributed by atoms with E-state index in [0.29, 0.717) is 13.2 Å². The standard InChI is InChI=1S/2C28H24N4O.C27H22N4O.C26H20N4O/c1-20(2)33-26-16-12-23(13-17-26)28-31-30-27(22-7-4-3-5-8-22)32(28)25-14-10-21(11-15-25)24-9-6-18-29-19-24;1-2-19-33-26-16-12-23(13-17-26)28-31-30-27(22-7-4-3-5-8-22)32(28)25-14-10-21(11-15-25)24-9-6-18-29-20-24;1-2-32-25-16-12-22(13-17-25)27-30-29-26(21-7-4-3-5-8-21)31(27)24-14-10-20(11-15-24)23-9-6-18-28-19-23;1-31-24-15-11-21(12-16-24)26-29-28-25(20-6-3-2-4-7-20)30(26)23-13-9-19(10-14-23)22-8-5-17-27-18-22/h3-20H,1-2H3;3-18,20H,2,19H2,1H3;3-19H,2H2,1H3;2-18H,1H3. The largest absolute Gasteiger partial charge is 0.497 e. The first-order valence-electron chi connectivity index (χ1n) is 42.6. The van der Waals surface area contributed by atoms with Gasteiger partial charge in [0.2, 0.25) is 0 Å². The topological polar surface area (TPSA) is 211 Å². The Morgan fingerprint density at radius 2 is 0.442 bits per heavy atom. The monoisotopic (exact) mass is 1690 g/mol. The Morgan fingerprint density at radius 3 is 0.659 bits per heavy atom. The molecule has 12 aromatic carbocycles. The van der Waals surface area contributed by atoms with Gasteiger partial charge >= 0.3 is 0 Å². The van der Waals surface area contributed by atoms with Crippen LogP contribution in [0.5, 0.6) is 23.0 Å². The Balaban J connectivity index is 0.000000121. The second-order valence-electron chi connectivity index (χ2n) is 30.1. The fourth-order valence-corrected chi connectivity index (χ4v) is 14.8. The van der Waals surface area contributed by atoms with Crippen molar-refractivity contribution in [3.05, 3.63) is 414 Å². The van der Waals surface area contributed by atoms with Crippen molar-refractivity contribution < 1.29 is 18.9 Å². The van der Waals surface area contributed by atoms with Crippen LogP contribution in [-0.4, -0.2) is 105 Å². The highest BCUT2D eigenvalue weighted by molar-refractivity contribution is 5.76. The molecule has 8 aromatic heterocycles. The van der Waals surface area contributed by atoms with Crippen LogP contribution in [0.2, 0.25) is 0 Å². The second-order valence-corrected chi connectivity index (χ2v) is 30.1. The molecule has 0 fully saturated rings. The molecule has 8 heterocycles. The van der Waals surface area contributed by atoms with E-state index in [2.05, 4.69) is 219 Å². The Morgan fingerprint density at radius 1 is 0.225 bits per heavy atom. The highest BCUT2D eigenvalue weighted by Crippen LogP contribution is 2.38. The molecule has 0 aliphatic rings. The summed E-state index contributed by atoms with van der Waals surface area (Å²) >= 11 is 0. The molecular weight excluding hydrogens is 1600 g/mol. The molecule has 129 heavy (non-hydrogen) atoms. The first-order chi connectivity index (χ1) is 63.7. The number of rotatable bonds is 24. The van der Waals surface area contributed by atoms with Crippen molar-refractivity contribution in [2.75, 3.05) is 20.3 Å². The molecule has 0 saturated carbocycles. The molecule has 0 saturated heterocycles. The van der Waals surface area contributed by atoms with Crippen LogP contribution in [0.15, 0.2) is 414 Å². The van der Waals surface area contributed by atoms with E-state index in [1.807, 2.05) is 276 Å². The van der Waals surface area contributed by atoms with Gasteiger partial charge in [0.25, 0.3) is 0 Å². The summed E-state index contributed by atoms with van der Waals surface area (Å²) in [5.41, 5.74) is 20.6. The van der Waals surface area contributed by atoms with Gasteiger partial charge in [0.05, 0.1) is 26.4 Å². The molecule has 0 atom stereocenters. The maximum atomic E-state index is 5.80. The number of aromatic nitrogens is 16. The number of ether oxygens (including phenoxy) is 4. The van der Waals surface area contributed by atoms with Crippen LogP contribution in [0.4, 0.5) is 0 Å². The van der Waals surface area contributed by atoms with Gasteiger partial charge in [0.15, 0.2) is 46.6 Å². The molecule has 0 aliphatic heterocycles. The zero-order chi connectivity index (χ0) is 87.9. The Bertz CT molecular complexity index is 6900. The van der Waals surface area contributed by atoms with Crippen molar-refractivity contribution in [1.29, 1.82) is 0 Å². The SMILES string of the molecule is CC(C)Oc1ccc(-c2nnc(-c3ccccc3)n2-c2ccc(-c3cccnc3)cc2)cc1.CCCOc1ccc(-c2nnc(-c3ccccc3)n2-c2ccc(-c3cccnc3)cc2)cc1.CCOc1ccc(-c2nnc(-c3ccccc3)n2-c2ccc(-c3cccnc3)cc2)cc1.COc1ccc(-c2nnc(-c3ccccc3)n2-c2ccc(-c3cccnc3)cc2)cc1. The van der Waals surface area contributed by atoms with Crippen LogP contribution in [-0.2, 0) is 0 Å². The van der Waals surface area contributed by atoms with E-state index in [4.69, 9.17) is 18.9 Å². The predicted octanol–water partition coefficient (Wildman–Crippen LogP) is 24.6. The van der Waals surface area contributed by atoms with Crippen LogP contribution in [0.25, 0.3) is 158 Å². The molecule has 0 spiro atoms.